The number of carbonyl (C=O) groups is 2. The third-order valence-electron chi connectivity index (χ3n) is 4.71. The lowest BCUT2D eigenvalue weighted by Gasteiger charge is -2.20. The maximum Gasteiger partial charge on any atom is 0.251 e. The minimum Gasteiger partial charge on any atom is -0.486 e. The average Bonchev–Trinajstić information content (AvgIpc) is 2.78. The van der Waals surface area contributed by atoms with E-state index in [4.69, 9.17) is 9.47 Å². The third-order valence-corrected chi connectivity index (χ3v) is 4.71. The summed E-state index contributed by atoms with van der Waals surface area (Å²) in [4.78, 5) is 25.7. The van der Waals surface area contributed by atoms with Crippen LogP contribution in [0.2, 0.25) is 0 Å². The van der Waals surface area contributed by atoms with Crippen molar-refractivity contribution in [3.8, 4) is 11.5 Å². The molecule has 30 heavy (non-hydrogen) atoms. The standard InChI is InChI=1S/C24H22N2O4/c27-22(16-17-11-12-20-21(15-17)30-14-13-29-20)26-23(18-7-3-1-4-8-18)24(28)25-19-9-5-2-6-10-19/h1-12,15,23H,13-14,16H2,(H,25,28)(H,26,27). The van der Waals surface area contributed by atoms with Crippen LogP contribution in [0.1, 0.15) is 17.2 Å². The van der Waals surface area contributed by atoms with Crippen LogP contribution < -0.4 is 20.1 Å². The van der Waals surface area contributed by atoms with Gasteiger partial charge in [0.05, 0.1) is 6.42 Å². The zero-order valence-electron chi connectivity index (χ0n) is 16.3. The molecule has 0 fully saturated rings. The summed E-state index contributed by atoms with van der Waals surface area (Å²) in [5.41, 5.74) is 2.16. The molecule has 6 heteroatoms. The Kier molecular flexibility index (Phi) is 5.94. The molecule has 0 saturated heterocycles. The van der Waals surface area contributed by atoms with Crippen molar-refractivity contribution in [1.82, 2.24) is 5.32 Å². The molecule has 1 heterocycles. The van der Waals surface area contributed by atoms with E-state index in [1.807, 2.05) is 54.6 Å². The van der Waals surface area contributed by atoms with E-state index in [1.54, 1.807) is 24.3 Å². The Hall–Kier alpha value is -3.80. The van der Waals surface area contributed by atoms with Crippen molar-refractivity contribution < 1.29 is 19.1 Å². The quantitative estimate of drug-likeness (QED) is 0.662. The molecule has 1 aliphatic heterocycles. The fraction of sp³-hybridized carbons (Fsp3) is 0.167. The second kappa shape index (κ2) is 9.13. The molecule has 0 saturated carbocycles. The van der Waals surface area contributed by atoms with Crippen LogP contribution >= 0.6 is 0 Å². The van der Waals surface area contributed by atoms with Gasteiger partial charge in [-0.2, -0.15) is 0 Å². The fourth-order valence-electron chi connectivity index (χ4n) is 3.28. The molecule has 1 unspecified atom stereocenters. The summed E-state index contributed by atoms with van der Waals surface area (Å²) in [7, 11) is 0. The van der Waals surface area contributed by atoms with Crippen molar-refractivity contribution in [2.75, 3.05) is 18.5 Å². The number of fused-ring (bicyclic) bond motifs is 1. The lowest BCUT2D eigenvalue weighted by Crippen LogP contribution is -2.37. The molecule has 3 aromatic carbocycles. The molecule has 1 aliphatic rings. The first-order chi connectivity index (χ1) is 14.7. The molecular weight excluding hydrogens is 380 g/mol. The number of rotatable bonds is 6. The molecule has 0 spiro atoms. The highest BCUT2D eigenvalue weighted by Crippen LogP contribution is 2.31. The predicted molar refractivity (Wildman–Crippen MR) is 114 cm³/mol. The van der Waals surface area contributed by atoms with Gasteiger partial charge in [0, 0.05) is 5.69 Å². The molecule has 0 aromatic heterocycles. The largest absolute Gasteiger partial charge is 0.486 e. The Labute approximate surface area is 174 Å². The number of hydrogen-bond acceptors (Lipinski definition) is 4. The Bertz CT molecular complexity index is 1020. The summed E-state index contributed by atoms with van der Waals surface area (Å²) in [6.45, 7) is 1.00. The lowest BCUT2D eigenvalue weighted by atomic mass is 10.0. The number of ether oxygens (including phenoxy) is 2. The van der Waals surface area contributed by atoms with Gasteiger partial charge in [0.1, 0.15) is 19.3 Å². The fourth-order valence-corrected chi connectivity index (χ4v) is 3.28. The Balaban J connectivity index is 1.48. The van der Waals surface area contributed by atoms with E-state index in [0.29, 0.717) is 36.0 Å². The van der Waals surface area contributed by atoms with Gasteiger partial charge in [-0.15, -0.1) is 0 Å². The molecular formula is C24H22N2O4. The van der Waals surface area contributed by atoms with E-state index >= 15 is 0 Å². The van der Waals surface area contributed by atoms with E-state index in [-0.39, 0.29) is 18.2 Å². The first-order valence-electron chi connectivity index (χ1n) is 9.78. The topological polar surface area (TPSA) is 76.7 Å². The maximum atomic E-state index is 12.9. The van der Waals surface area contributed by atoms with Crippen molar-refractivity contribution >= 4 is 17.5 Å². The molecule has 6 nitrogen and oxygen atoms in total. The monoisotopic (exact) mass is 402 g/mol. The number of para-hydroxylation sites is 1. The van der Waals surface area contributed by atoms with Gasteiger partial charge in [-0.1, -0.05) is 54.6 Å². The normalized spacial score (nSPS) is 13.2. The average molecular weight is 402 g/mol. The smallest absolute Gasteiger partial charge is 0.251 e. The molecule has 2 amide bonds. The van der Waals surface area contributed by atoms with Gasteiger partial charge in [0.25, 0.3) is 5.91 Å². The van der Waals surface area contributed by atoms with Gasteiger partial charge >= 0.3 is 0 Å². The van der Waals surface area contributed by atoms with E-state index in [1.165, 1.54) is 0 Å². The van der Waals surface area contributed by atoms with Gasteiger partial charge in [-0.05, 0) is 35.4 Å². The van der Waals surface area contributed by atoms with Crippen LogP contribution in [0.5, 0.6) is 11.5 Å². The van der Waals surface area contributed by atoms with Gasteiger partial charge < -0.3 is 20.1 Å². The SMILES string of the molecule is O=C(Cc1ccc2c(c1)OCCO2)NC(C(=O)Nc1ccccc1)c1ccccc1. The van der Waals surface area contributed by atoms with E-state index < -0.39 is 6.04 Å². The Morgan fingerprint density at radius 2 is 1.50 bits per heavy atom. The minimum atomic E-state index is -0.809. The molecule has 1 atom stereocenters. The van der Waals surface area contributed by atoms with Crippen molar-refractivity contribution in [1.29, 1.82) is 0 Å². The van der Waals surface area contributed by atoms with Gasteiger partial charge in [-0.25, -0.2) is 0 Å². The first kappa shape index (κ1) is 19.5. The van der Waals surface area contributed by atoms with Crippen LogP contribution in [0.3, 0.4) is 0 Å². The van der Waals surface area contributed by atoms with Crippen LogP contribution in [0, 0.1) is 0 Å². The van der Waals surface area contributed by atoms with E-state index in [0.717, 1.165) is 5.56 Å². The minimum absolute atomic E-state index is 0.124. The first-order valence-corrected chi connectivity index (χ1v) is 9.78. The summed E-state index contributed by atoms with van der Waals surface area (Å²) in [6, 6.07) is 23.0. The second-order valence-electron chi connectivity index (χ2n) is 6.92. The molecule has 0 bridgehead atoms. The zero-order chi connectivity index (χ0) is 20.8. The molecule has 2 N–H and O–H groups in total. The van der Waals surface area contributed by atoms with Crippen LogP contribution in [0.15, 0.2) is 78.9 Å². The number of hydrogen-bond donors (Lipinski definition) is 2. The molecule has 0 radical (unpaired) electrons. The summed E-state index contributed by atoms with van der Waals surface area (Å²) in [5.74, 6) is 0.745. The molecule has 3 aromatic rings. The highest BCUT2D eigenvalue weighted by molar-refractivity contribution is 5.98. The second-order valence-corrected chi connectivity index (χ2v) is 6.92. The molecule has 0 aliphatic carbocycles. The summed E-state index contributed by atoms with van der Waals surface area (Å²) in [6.07, 6.45) is 0.124. The Morgan fingerprint density at radius 3 is 2.23 bits per heavy atom. The summed E-state index contributed by atoms with van der Waals surface area (Å²) < 4.78 is 11.1. The van der Waals surface area contributed by atoms with E-state index in [2.05, 4.69) is 10.6 Å². The lowest BCUT2D eigenvalue weighted by molar-refractivity contribution is -0.126. The molecule has 4 rings (SSSR count). The van der Waals surface area contributed by atoms with E-state index in [9.17, 15) is 9.59 Å². The van der Waals surface area contributed by atoms with Gasteiger partial charge in [0.2, 0.25) is 5.91 Å². The maximum absolute atomic E-state index is 12.9. The zero-order valence-corrected chi connectivity index (χ0v) is 16.3. The van der Waals surface area contributed by atoms with Crippen molar-refractivity contribution in [3.05, 3.63) is 90.0 Å². The van der Waals surface area contributed by atoms with Crippen molar-refractivity contribution in [2.45, 2.75) is 12.5 Å². The Morgan fingerprint density at radius 1 is 0.833 bits per heavy atom. The van der Waals surface area contributed by atoms with Crippen LogP contribution in [-0.4, -0.2) is 25.0 Å². The highest BCUT2D eigenvalue weighted by atomic mass is 16.6. The van der Waals surface area contributed by atoms with Crippen LogP contribution in [0.25, 0.3) is 0 Å². The number of nitrogens with one attached hydrogen (secondary N) is 2. The number of carbonyl (C=O) groups excluding carboxylic acids is 2. The third kappa shape index (κ3) is 4.78. The van der Waals surface area contributed by atoms with Gasteiger partial charge in [-0.3, -0.25) is 9.59 Å². The van der Waals surface area contributed by atoms with Gasteiger partial charge in [0.15, 0.2) is 11.5 Å². The highest BCUT2D eigenvalue weighted by Gasteiger charge is 2.23. The number of benzene rings is 3. The number of anilines is 1. The number of amides is 2. The van der Waals surface area contributed by atoms with Crippen LogP contribution in [-0.2, 0) is 16.0 Å². The van der Waals surface area contributed by atoms with Crippen molar-refractivity contribution in [3.63, 3.8) is 0 Å². The van der Waals surface area contributed by atoms with Crippen LogP contribution in [0.4, 0.5) is 5.69 Å². The predicted octanol–water partition coefficient (Wildman–Crippen LogP) is 3.50. The molecule has 152 valence electrons. The summed E-state index contributed by atoms with van der Waals surface area (Å²) in [5, 5.41) is 5.72. The van der Waals surface area contributed by atoms with Crippen molar-refractivity contribution in [2.24, 2.45) is 0 Å². The summed E-state index contributed by atoms with van der Waals surface area (Å²) >= 11 is 0.